The van der Waals surface area contributed by atoms with Crippen LogP contribution in [0.25, 0.3) is 0 Å². The molecule has 0 aliphatic carbocycles. The molecule has 3 aromatic rings. The predicted octanol–water partition coefficient (Wildman–Crippen LogP) is 4.66. The first-order valence-corrected chi connectivity index (χ1v) is 12.4. The van der Waals surface area contributed by atoms with Gasteiger partial charge in [0.25, 0.3) is 5.91 Å². The Kier molecular flexibility index (Phi) is 7.17. The molecule has 2 aromatic carbocycles. The Bertz CT molecular complexity index is 1260. The van der Waals surface area contributed by atoms with Crippen LogP contribution in [-0.2, 0) is 25.7 Å². The smallest absolute Gasteiger partial charge is 0.366 e. The lowest BCUT2D eigenvalue weighted by molar-refractivity contribution is -0.137. The van der Waals surface area contributed by atoms with Gasteiger partial charge in [-0.15, -0.1) is 0 Å². The molecular weight excluding hydrogens is 479 g/mol. The molecule has 6 nitrogen and oxygen atoms in total. The molecule has 1 N–H and O–H groups in total. The van der Waals surface area contributed by atoms with E-state index in [0.717, 1.165) is 56.5 Å². The second-order valence-electron chi connectivity index (χ2n) is 9.82. The summed E-state index contributed by atoms with van der Waals surface area (Å²) in [5, 5.41) is 2.72. The number of piperazine rings is 1. The van der Waals surface area contributed by atoms with Crippen molar-refractivity contribution in [3.05, 3.63) is 88.7 Å². The molecule has 37 heavy (non-hydrogen) atoms. The van der Waals surface area contributed by atoms with Crippen molar-refractivity contribution in [3.8, 4) is 0 Å². The monoisotopic (exact) mass is 509 g/mol. The number of hydrogen-bond donors (Lipinski definition) is 1. The lowest BCUT2D eigenvalue weighted by Crippen LogP contribution is -2.43. The molecule has 1 amide bonds. The standard InChI is InChI=1S/C28H30F3N5O/c1-34-9-11-35(12-10-34)18-20-13-24(28(29,30)31)16-25(14-20)33-27(37)22-5-4-21-6-8-36(19-23(21)15-22)26-3-2-7-32-17-26/h2-5,7,13-17H,6,8-12,18-19H2,1H3,(H,33,37). The summed E-state index contributed by atoms with van der Waals surface area (Å²) in [6.07, 6.45) is -0.113. The van der Waals surface area contributed by atoms with E-state index in [-0.39, 0.29) is 5.69 Å². The Hall–Kier alpha value is -3.43. The minimum Gasteiger partial charge on any atom is -0.366 e. The number of hydrogen-bond acceptors (Lipinski definition) is 5. The minimum absolute atomic E-state index is 0.152. The number of amides is 1. The van der Waals surface area contributed by atoms with E-state index in [9.17, 15) is 18.0 Å². The number of pyridine rings is 1. The highest BCUT2D eigenvalue weighted by Gasteiger charge is 2.31. The van der Waals surface area contributed by atoms with Crippen LogP contribution in [0.15, 0.2) is 60.9 Å². The third kappa shape index (κ3) is 6.11. The quantitative estimate of drug-likeness (QED) is 0.542. The summed E-state index contributed by atoms with van der Waals surface area (Å²) in [6, 6.07) is 13.2. The van der Waals surface area contributed by atoms with Gasteiger partial charge in [-0.3, -0.25) is 14.7 Å². The molecule has 5 rings (SSSR count). The molecule has 194 valence electrons. The molecule has 1 aromatic heterocycles. The molecule has 1 saturated heterocycles. The second kappa shape index (κ2) is 10.5. The zero-order valence-electron chi connectivity index (χ0n) is 20.8. The number of carbonyl (C=O) groups excluding carboxylic acids is 1. The summed E-state index contributed by atoms with van der Waals surface area (Å²) < 4.78 is 41.0. The highest BCUT2D eigenvalue weighted by molar-refractivity contribution is 6.04. The van der Waals surface area contributed by atoms with Crippen LogP contribution < -0.4 is 10.2 Å². The SMILES string of the molecule is CN1CCN(Cc2cc(NC(=O)c3ccc4c(c3)CN(c3cccnc3)CC4)cc(C(F)(F)F)c2)CC1. The van der Waals surface area contributed by atoms with Gasteiger partial charge in [-0.2, -0.15) is 13.2 Å². The van der Waals surface area contributed by atoms with E-state index >= 15 is 0 Å². The topological polar surface area (TPSA) is 51.7 Å². The number of anilines is 2. The first-order chi connectivity index (χ1) is 17.7. The molecule has 0 radical (unpaired) electrons. The Morgan fingerprint density at radius 3 is 2.54 bits per heavy atom. The number of alkyl halides is 3. The summed E-state index contributed by atoms with van der Waals surface area (Å²) in [7, 11) is 2.03. The average molecular weight is 510 g/mol. The average Bonchev–Trinajstić information content (AvgIpc) is 2.89. The lowest BCUT2D eigenvalue weighted by Gasteiger charge is -2.32. The lowest BCUT2D eigenvalue weighted by atomic mass is 9.96. The number of aromatic nitrogens is 1. The van der Waals surface area contributed by atoms with Crippen LogP contribution in [-0.4, -0.2) is 60.5 Å². The van der Waals surface area contributed by atoms with Crippen molar-refractivity contribution in [2.75, 3.05) is 50.0 Å². The number of nitrogens with zero attached hydrogens (tertiary/aromatic N) is 4. The van der Waals surface area contributed by atoms with E-state index in [1.54, 1.807) is 18.3 Å². The number of fused-ring (bicyclic) bond motifs is 1. The molecule has 0 atom stereocenters. The largest absolute Gasteiger partial charge is 0.416 e. The third-order valence-corrected chi connectivity index (χ3v) is 7.07. The van der Waals surface area contributed by atoms with Gasteiger partial charge in [0.05, 0.1) is 17.4 Å². The van der Waals surface area contributed by atoms with Crippen LogP contribution in [0.5, 0.6) is 0 Å². The highest BCUT2D eigenvalue weighted by atomic mass is 19.4. The molecular formula is C28H30F3N5O. The molecule has 3 heterocycles. The number of nitrogens with one attached hydrogen (secondary N) is 1. The molecule has 0 spiro atoms. The maximum atomic E-state index is 13.7. The zero-order valence-corrected chi connectivity index (χ0v) is 20.8. The van der Waals surface area contributed by atoms with Crippen LogP contribution in [0.3, 0.4) is 0 Å². The Balaban J connectivity index is 1.34. The Morgan fingerprint density at radius 1 is 1.00 bits per heavy atom. The molecule has 2 aliphatic rings. The van der Waals surface area contributed by atoms with Gasteiger partial charge in [0.2, 0.25) is 0 Å². The minimum atomic E-state index is -4.50. The fraction of sp³-hybridized carbons (Fsp3) is 0.357. The van der Waals surface area contributed by atoms with Gasteiger partial charge in [0.15, 0.2) is 0 Å². The van der Waals surface area contributed by atoms with Gasteiger partial charge in [-0.05, 0) is 72.6 Å². The first-order valence-electron chi connectivity index (χ1n) is 12.4. The highest BCUT2D eigenvalue weighted by Crippen LogP contribution is 2.33. The van der Waals surface area contributed by atoms with Crippen LogP contribution in [0, 0.1) is 0 Å². The third-order valence-electron chi connectivity index (χ3n) is 7.07. The van der Waals surface area contributed by atoms with Crippen LogP contribution in [0.4, 0.5) is 24.5 Å². The van der Waals surface area contributed by atoms with Crippen molar-refractivity contribution in [3.63, 3.8) is 0 Å². The number of likely N-dealkylation sites (N-methyl/N-ethyl adjacent to an activating group) is 1. The van der Waals surface area contributed by atoms with Crippen molar-refractivity contribution >= 4 is 17.3 Å². The molecule has 2 aliphatic heterocycles. The molecule has 0 unspecified atom stereocenters. The van der Waals surface area contributed by atoms with Gasteiger partial charge in [0, 0.05) is 63.3 Å². The normalized spacial score (nSPS) is 16.9. The maximum absolute atomic E-state index is 13.7. The van der Waals surface area contributed by atoms with Crippen LogP contribution in [0.2, 0.25) is 0 Å². The predicted molar refractivity (Wildman–Crippen MR) is 138 cm³/mol. The first kappa shape index (κ1) is 25.2. The summed E-state index contributed by atoms with van der Waals surface area (Å²) in [5.74, 6) is -0.425. The Morgan fingerprint density at radius 2 is 1.81 bits per heavy atom. The van der Waals surface area contributed by atoms with E-state index in [1.807, 2.05) is 37.5 Å². The number of rotatable bonds is 5. The van der Waals surface area contributed by atoms with Crippen LogP contribution >= 0.6 is 0 Å². The van der Waals surface area contributed by atoms with Crippen LogP contribution in [0.1, 0.15) is 32.6 Å². The fourth-order valence-corrected chi connectivity index (χ4v) is 4.95. The second-order valence-corrected chi connectivity index (χ2v) is 9.82. The van der Waals surface area contributed by atoms with E-state index in [4.69, 9.17) is 0 Å². The van der Waals surface area contributed by atoms with Crippen molar-refractivity contribution in [2.45, 2.75) is 25.7 Å². The van der Waals surface area contributed by atoms with E-state index < -0.39 is 17.6 Å². The number of carbonyl (C=O) groups is 1. The van der Waals surface area contributed by atoms with Gasteiger partial charge < -0.3 is 15.1 Å². The van der Waals surface area contributed by atoms with Crippen molar-refractivity contribution in [2.24, 2.45) is 0 Å². The summed E-state index contributed by atoms with van der Waals surface area (Å²) >= 11 is 0. The van der Waals surface area contributed by atoms with E-state index in [0.29, 0.717) is 24.2 Å². The maximum Gasteiger partial charge on any atom is 0.416 e. The van der Waals surface area contributed by atoms with Gasteiger partial charge in [-0.25, -0.2) is 0 Å². The fourth-order valence-electron chi connectivity index (χ4n) is 4.95. The molecule has 0 bridgehead atoms. The van der Waals surface area contributed by atoms with E-state index in [1.165, 1.54) is 11.6 Å². The summed E-state index contributed by atoms with van der Waals surface area (Å²) in [5.41, 5.74) is 3.57. The van der Waals surface area contributed by atoms with Crippen molar-refractivity contribution < 1.29 is 18.0 Å². The molecule has 0 saturated carbocycles. The summed E-state index contributed by atoms with van der Waals surface area (Å²) in [4.78, 5) is 23.8. The van der Waals surface area contributed by atoms with E-state index in [2.05, 4.69) is 25.0 Å². The number of benzene rings is 2. The number of halogens is 3. The zero-order chi connectivity index (χ0) is 26.0. The van der Waals surface area contributed by atoms with Crippen molar-refractivity contribution in [1.82, 2.24) is 14.8 Å². The molecule has 1 fully saturated rings. The molecule has 9 heteroatoms. The van der Waals surface area contributed by atoms with Gasteiger partial charge >= 0.3 is 6.18 Å². The van der Waals surface area contributed by atoms with Crippen molar-refractivity contribution in [1.29, 1.82) is 0 Å². The Labute approximate surface area is 214 Å². The van der Waals surface area contributed by atoms with Gasteiger partial charge in [0.1, 0.15) is 0 Å². The summed E-state index contributed by atoms with van der Waals surface area (Å²) in [6.45, 7) is 5.23. The van der Waals surface area contributed by atoms with Gasteiger partial charge in [-0.1, -0.05) is 6.07 Å².